The number of anilines is 1. The Hall–Kier alpha value is -2.05. The summed E-state index contributed by atoms with van der Waals surface area (Å²) >= 11 is 0. The van der Waals surface area contributed by atoms with Gasteiger partial charge in [-0.3, -0.25) is 9.69 Å². The van der Waals surface area contributed by atoms with E-state index in [-0.39, 0.29) is 17.4 Å². The molecule has 1 aromatic heterocycles. The molecule has 7 nitrogen and oxygen atoms in total. The summed E-state index contributed by atoms with van der Waals surface area (Å²) in [6, 6.07) is 1.06. The molecule has 1 N–H and O–H groups in total. The van der Waals surface area contributed by atoms with Gasteiger partial charge in [0.15, 0.2) is 5.82 Å². The van der Waals surface area contributed by atoms with Crippen molar-refractivity contribution >= 4 is 17.8 Å². The minimum atomic E-state index is -0.892. The van der Waals surface area contributed by atoms with E-state index in [4.69, 9.17) is 4.52 Å². The fourth-order valence-electron chi connectivity index (χ4n) is 3.11. The van der Waals surface area contributed by atoms with Gasteiger partial charge >= 0.3 is 12.0 Å². The Labute approximate surface area is 142 Å². The third-order valence-electron chi connectivity index (χ3n) is 4.53. The Morgan fingerprint density at radius 2 is 2.04 bits per heavy atom. The Bertz CT molecular complexity index is 618. The first-order valence-corrected chi connectivity index (χ1v) is 8.28. The molecule has 2 atom stereocenters. The maximum Gasteiger partial charge on any atom is 0.325 e. The molecule has 7 heteroatoms. The Balaban J connectivity index is 2.45. The number of amides is 2. The van der Waals surface area contributed by atoms with E-state index in [9.17, 15) is 14.7 Å². The first kappa shape index (κ1) is 18.3. The molecule has 1 saturated heterocycles. The second-order valence-electron chi connectivity index (χ2n) is 7.84. The Morgan fingerprint density at radius 3 is 2.50 bits per heavy atom. The van der Waals surface area contributed by atoms with Crippen LogP contribution in [0, 0.1) is 11.8 Å². The van der Waals surface area contributed by atoms with Crippen molar-refractivity contribution in [3.8, 4) is 0 Å². The van der Waals surface area contributed by atoms with Crippen LogP contribution < -0.4 is 4.90 Å². The summed E-state index contributed by atoms with van der Waals surface area (Å²) in [6.45, 7) is 10.2. The van der Waals surface area contributed by atoms with Crippen LogP contribution in [0.5, 0.6) is 0 Å². The van der Waals surface area contributed by atoms with Gasteiger partial charge < -0.3 is 14.5 Å². The largest absolute Gasteiger partial charge is 0.481 e. The molecule has 0 bridgehead atoms. The van der Waals surface area contributed by atoms with E-state index in [1.165, 1.54) is 4.90 Å². The Morgan fingerprint density at radius 1 is 1.42 bits per heavy atom. The molecule has 2 rings (SSSR count). The van der Waals surface area contributed by atoms with Gasteiger partial charge in [0.2, 0.25) is 0 Å². The van der Waals surface area contributed by atoms with Crippen LogP contribution in [0.4, 0.5) is 10.6 Å². The number of carboxylic acid groups (broad SMARTS) is 1. The lowest BCUT2D eigenvalue weighted by Gasteiger charge is -2.42. The van der Waals surface area contributed by atoms with Gasteiger partial charge in [-0.25, -0.2) is 4.79 Å². The normalized spacial score (nSPS) is 20.6. The van der Waals surface area contributed by atoms with E-state index in [0.717, 1.165) is 0 Å². The smallest absolute Gasteiger partial charge is 0.325 e. The highest BCUT2D eigenvalue weighted by Gasteiger charge is 2.43. The van der Waals surface area contributed by atoms with Gasteiger partial charge in [0.25, 0.3) is 0 Å². The summed E-state index contributed by atoms with van der Waals surface area (Å²) in [4.78, 5) is 27.6. The van der Waals surface area contributed by atoms with Gasteiger partial charge in [-0.15, -0.1) is 0 Å². The van der Waals surface area contributed by atoms with Crippen LogP contribution in [0.15, 0.2) is 10.6 Å². The molecule has 0 saturated carbocycles. The van der Waals surface area contributed by atoms with Crippen LogP contribution >= 0.6 is 0 Å². The molecule has 2 amide bonds. The second kappa shape index (κ2) is 6.45. The van der Waals surface area contributed by atoms with Crippen LogP contribution in [0.2, 0.25) is 0 Å². The van der Waals surface area contributed by atoms with E-state index in [1.807, 2.05) is 34.6 Å². The summed E-state index contributed by atoms with van der Waals surface area (Å²) < 4.78 is 5.41. The van der Waals surface area contributed by atoms with Crippen molar-refractivity contribution < 1.29 is 19.2 Å². The average molecular weight is 337 g/mol. The summed E-state index contributed by atoms with van der Waals surface area (Å²) in [6.07, 6.45) is 0.578. The molecule has 24 heavy (non-hydrogen) atoms. The van der Waals surface area contributed by atoms with Crippen LogP contribution in [0.3, 0.4) is 0 Å². The molecule has 2 unspecified atom stereocenters. The standard InChI is InChI=1S/C17H27N3O4/c1-10(2)14(15(21)22)11-7-8-19(6)16(23)20(11)13-9-12(24-18-13)17(3,4)5/h9-11,14H,7-8H2,1-6H3,(H,21,22). The number of rotatable bonds is 4. The number of aliphatic carboxylic acids is 1. The summed E-state index contributed by atoms with van der Waals surface area (Å²) in [5, 5.41) is 13.7. The third-order valence-corrected chi connectivity index (χ3v) is 4.53. The minimum absolute atomic E-state index is 0.0970. The number of urea groups is 1. The zero-order chi connectivity index (χ0) is 18.2. The molecular weight excluding hydrogens is 310 g/mol. The molecule has 0 aromatic carbocycles. The first-order chi connectivity index (χ1) is 11.0. The SMILES string of the molecule is CC(C)C(C(=O)O)C1CCN(C)C(=O)N1c1cc(C(C)(C)C)on1. The van der Waals surface area contributed by atoms with Crippen molar-refractivity contribution in [3.63, 3.8) is 0 Å². The van der Waals surface area contributed by atoms with E-state index in [2.05, 4.69) is 5.16 Å². The van der Waals surface area contributed by atoms with Gasteiger partial charge in [-0.1, -0.05) is 39.8 Å². The molecule has 0 spiro atoms. The van der Waals surface area contributed by atoms with Crippen LogP contribution in [0.1, 0.15) is 46.8 Å². The van der Waals surface area contributed by atoms with Crippen molar-refractivity contribution in [2.45, 2.75) is 52.5 Å². The van der Waals surface area contributed by atoms with Crippen molar-refractivity contribution in [2.24, 2.45) is 11.8 Å². The summed E-state index contributed by atoms with van der Waals surface area (Å²) in [5.74, 6) is -0.600. The second-order valence-corrected chi connectivity index (χ2v) is 7.84. The van der Waals surface area contributed by atoms with Crippen molar-refractivity contribution in [2.75, 3.05) is 18.5 Å². The highest BCUT2D eigenvalue weighted by atomic mass is 16.5. The maximum atomic E-state index is 12.7. The van der Waals surface area contributed by atoms with Gasteiger partial charge in [0.1, 0.15) is 5.76 Å². The number of carbonyl (C=O) groups is 2. The van der Waals surface area contributed by atoms with Crippen molar-refractivity contribution in [1.82, 2.24) is 10.1 Å². The number of nitrogens with zero attached hydrogens (tertiary/aromatic N) is 3. The van der Waals surface area contributed by atoms with Crippen LogP contribution in [-0.2, 0) is 10.2 Å². The molecule has 0 radical (unpaired) electrons. The van der Waals surface area contributed by atoms with Crippen LogP contribution in [-0.4, -0.2) is 46.8 Å². The number of carboxylic acids is 1. The van der Waals surface area contributed by atoms with Gasteiger partial charge in [-0.05, 0) is 12.3 Å². The minimum Gasteiger partial charge on any atom is -0.481 e. The zero-order valence-corrected chi connectivity index (χ0v) is 15.2. The molecule has 1 aliphatic rings. The van der Waals surface area contributed by atoms with Gasteiger partial charge in [0, 0.05) is 25.1 Å². The van der Waals surface area contributed by atoms with E-state index < -0.39 is 17.9 Å². The Kier molecular flexibility index (Phi) is 4.92. The highest BCUT2D eigenvalue weighted by molar-refractivity contribution is 5.93. The topological polar surface area (TPSA) is 86.9 Å². The maximum absolute atomic E-state index is 12.7. The van der Waals surface area contributed by atoms with Crippen molar-refractivity contribution in [3.05, 3.63) is 11.8 Å². The van der Waals surface area contributed by atoms with E-state index in [1.54, 1.807) is 18.0 Å². The fourth-order valence-corrected chi connectivity index (χ4v) is 3.11. The van der Waals surface area contributed by atoms with E-state index in [0.29, 0.717) is 24.5 Å². The number of aromatic nitrogens is 1. The summed E-state index contributed by atoms with van der Waals surface area (Å²) in [7, 11) is 1.71. The molecule has 2 heterocycles. The fraction of sp³-hybridized carbons (Fsp3) is 0.706. The average Bonchev–Trinajstić information content (AvgIpc) is 2.91. The molecular formula is C17H27N3O4. The quantitative estimate of drug-likeness (QED) is 0.913. The number of carbonyl (C=O) groups excluding carboxylic acids is 1. The molecule has 1 aromatic rings. The lowest BCUT2D eigenvalue weighted by atomic mass is 9.84. The monoisotopic (exact) mass is 337 g/mol. The van der Waals surface area contributed by atoms with Crippen molar-refractivity contribution in [1.29, 1.82) is 0 Å². The number of hydrogen-bond donors (Lipinski definition) is 1. The van der Waals surface area contributed by atoms with E-state index >= 15 is 0 Å². The zero-order valence-electron chi connectivity index (χ0n) is 15.2. The molecule has 0 aliphatic carbocycles. The molecule has 1 aliphatic heterocycles. The van der Waals surface area contributed by atoms with Gasteiger partial charge in [0.05, 0.1) is 12.0 Å². The third kappa shape index (κ3) is 3.39. The van der Waals surface area contributed by atoms with Crippen LogP contribution in [0.25, 0.3) is 0 Å². The lowest BCUT2D eigenvalue weighted by Crippen LogP contribution is -2.58. The molecule has 134 valence electrons. The van der Waals surface area contributed by atoms with Gasteiger partial charge in [-0.2, -0.15) is 0 Å². The molecule has 1 fully saturated rings. The highest BCUT2D eigenvalue weighted by Crippen LogP contribution is 2.33. The lowest BCUT2D eigenvalue weighted by molar-refractivity contribution is -0.144. The predicted octanol–water partition coefficient (Wildman–Crippen LogP) is 2.96. The first-order valence-electron chi connectivity index (χ1n) is 8.28. The summed E-state index contributed by atoms with van der Waals surface area (Å²) in [5.41, 5.74) is -0.240. The predicted molar refractivity (Wildman–Crippen MR) is 90.1 cm³/mol. The number of hydrogen-bond acceptors (Lipinski definition) is 4.